The maximum Gasteiger partial charge on any atom is 0.116 e. The largest absolute Gasteiger partial charge is 0.395 e. The number of fused-ring (bicyclic) bond motifs is 1. The van der Waals surface area contributed by atoms with Crippen molar-refractivity contribution >= 4 is 26.8 Å². The average Bonchev–Trinajstić information content (AvgIpc) is 2.35. The van der Waals surface area contributed by atoms with Gasteiger partial charge in [-0.25, -0.2) is 9.97 Å². The molecule has 5 heteroatoms. The number of rotatable bonds is 5. The first-order valence-corrected chi connectivity index (χ1v) is 6.31. The summed E-state index contributed by atoms with van der Waals surface area (Å²) in [6, 6.07) is 5.99. The molecule has 0 spiro atoms. The van der Waals surface area contributed by atoms with Crippen LogP contribution in [0.3, 0.4) is 0 Å². The maximum absolute atomic E-state index is 8.68. The summed E-state index contributed by atoms with van der Waals surface area (Å²) in [5, 5.41) is 12.9. The molecule has 90 valence electrons. The van der Waals surface area contributed by atoms with Gasteiger partial charge < -0.3 is 10.4 Å². The van der Waals surface area contributed by atoms with Gasteiger partial charge in [0.2, 0.25) is 0 Å². The van der Waals surface area contributed by atoms with Crippen LogP contribution in [-0.4, -0.2) is 34.8 Å². The molecule has 4 nitrogen and oxygen atoms in total. The Labute approximate surface area is 108 Å². The van der Waals surface area contributed by atoms with Crippen LogP contribution in [0.4, 0.5) is 0 Å². The normalized spacial score (nSPS) is 10.9. The predicted molar refractivity (Wildman–Crippen MR) is 70.9 cm³/mol. The first-order valence-electron chi connectivity index (χ1n) is 5.52. The molecule has 1 aromatic heterocycles. The second-order valence-corrected chi connectivity index (χ2v) is 4.62. The highest BCUT2D eigenvalue weighted by molar-refractivity contribution is 9.10. The summed E-state index contributed by atoms with van der Waals surface area (Å²) in [5.41, 5.74) is 1.99. The van der Waals surface area contributed by atoms with Gasteiger partial charge in [-0.3, -0.25) is 0 Å². The minimum atomic E-state index is 0.163. The second kappa shape index (κ2) is 6.05. The highest BCUT2D eigenvalue weighted by Crippen LogP contribution is 2.20. The molecule has 1 heterocycles. The van der Waals surface area contributed by atoms with E-state index in [0.717, 1.165) is 34.0 Å². The van der Waals surface area contributed by atoms with Crippen LogP contribution in [0.25, 0.3) is 10.9 Å². The van der Waals surface area contributed by atoms with Crippen LogP contribution >= 0.6 is 15.9 Å². The van der Waals surface area contributed by atoms with Crippen molar-refractivity contribution < 1.29 is 5.11 Å². The van der Waals surface area contributed by atoms with Gasteiger partial charge in [-0.1, -0.05) is 15.9 Å². The molecule has 2 N–H and O–H groups in total. The molecule has 0 fully saturated rings. The Morgan fingerprint density at radius 1 is 1.24 bits per heavy atom. The number of hydrogen-bond acceptors (Lipinski definition) is 4. The lowest BCUT2D eigenvalue weighted by atomic mass is 10.1. The van der Waals surface area contributed by atoms with Gasteiger partial charge in [-0.15, -0.1) is 0 Å². The van der Waals surface area contributed by atoms with E-state index < -0.39 is 0 Å². The fourth-order valence-corrected chi connectivity index (χ4v) is 2.05. The molecule has 0 radical (unpaired) electrons. The quantitative estimate of drug-likeness (QED) is 0.821. The van der Waals surface area contributed by atoms with Gasteiger partial charge in [0.05, 0.1) is 17.8 Å². The minimum absolute atomic E-state index is 0.163. The van der Waals surface area contributed by atoms with E-state index in [2.05, 4.69) is 31.2 Å². The van der Waals surface area contributed by atoms with E-state index in [1.54, 1.807) is 6.33 Å². The van der Waals surface area contributed by atoms with Gasteiger partial charge in [0.25, 0.3) is 0 Å². The third-order valence-electron chi connectivity index (χ3n) is 2.51. The summed E-state index contributed by atoms with van der Waals surface area (Å²) in [4.78, 5) is 8.55. The van der Waals surface area contributed by atoms with Crippen molar-refractivity contribution in [2.75, 3.05) is 19.7 Å². The van der Waals surface area contributed by atoms with Crippen LogP contribution < -0.4 is 5.32 Å². The summed E-state index contributed by atoms with van der Waals surface area (Å²) < 4.78 is 1.03. The molecule has 0 atom stereocenters. The number of halogens is 1. The Morgan fingerprint density at radius 3 is 2.94 bits per heavy atom. The van der Waals surface area contributed by atoms with Crippen molar-refractivity contribution in [3.05, 3.63) is 34.7 Å². The molecule has 2 rings (SSSR count). The highest BCUT2D eigenvalue weighted by Gasteiger charge is 2.03. The van der Waals surface area contributed by atoms with Crippen molar-refractivity contribution in [3.8, 4) is 0 Å². The Morgan fingerprint density at radius 2 is 2.12 bits per heavy atom. The number of hydrogen-bond donors (Lipinski definition) is 2. The molecule has 0 bridgehead atoms. The monoisotopic (exact) mass is 295 g/mol. The molecule has 0 amide bonds. The molecule has 0 aliphatic carbocycles. The first kappa shape index (κ1) is 12.4. The van der Waals surface area contributed by atoms with Crippen LogP contribution in [-0.2, 0) is 6.42 Å². The Hall–Kier alpha value is -1.04. The molecule has 0 unspecified atom stereocenters. The van der Waals surface area contributed by atoms with Crippen molar-refractivity contribution in [1.82, 2.24) is 15.3 Å². The molecular formula is C12H14BrN3O. The van der Waals surface area contributed by atoms with E-state index in [-0.39, 0.29) is 6.61 Å². The SMILES string of the molecule is OCCNCCc1ncnc2ccc(Br)cc12. The van der Waals surface area contributed by atoms with Crippen LogP contribution in [0.2, 0.25) is 0 Å². The average molecular weight is 296 g/mol. The fourth-order valence-electron chi connectivity index (χ4n) is 1.69. The molecule has 17 heavy (non-hydrogen) atoms. The first-order chi connectivity index (χ1) is 8.31. The third kappa shape index (κ3) is 3.21. The molecule has 0 saturated carbocycles. The molecule has 2 aromatic rings. The lowest BCUT2D eigenvalue weighted by Crippen LogP contribution is -2.21. The van der Waals surface area contributed by atoms with Crippen LogP contribution in [0.15, 0.2) is 29.0 Å². The third-order valence-corrected chi connectivity index (χ3v) is 3.00. The summed E-state index contributed by atoms with van der Waals surface area (Å²) >= 11 is 3.46. The smallest absolute Gasteiger partial charge is 0.116 e. The summed E-state index contributed by atoms with van der Waals surface area (Å²) in [6.07, 6.45) is 2.42. The number of nitrogens with zero attached hydrogens (tertiary/aromatic N) is 2. The van der Waals surface area contributed by atoms with Gasteiger partial charge in [0.15, 0.2) is 0 Å². The summed E-state index contributed by atoms with van der Waals surface area (Å²) in [6.45, 7) is 1.59. The standard InChI is InChI=1S/C12H14BrN3O/c13-9-1-2-11-10(7-9)12(16-8-15-11)3-4-14-5-6-17/h1-2,7-8,14,17H,3-6H2. The second-order valence-electron chi connectivity index (χ2n) is 3.71. The van der Waals surface area contributed by atoms with E-state index >= 15 is 0 Å². The van der Waals surface area contributed by atoms with Gasteiger partial charge in [-0.05, 0) is 18.2 Å². The van der Waals surface area contributed by atoms with Gasteiger partial charge in [-0.2, -0.15) is 0 Å². The number of aliphatic hydroxyl groups is 1. The number of nitrogens with one attached hydrogen (secondary N) is 1. The van der Waals surface area contributed by atoms with E-state index in [4.69, 9.17) is 5.11 Å². The van der Waals surface area contributed by atoms with Crippen molar-refractivity contribution in [1.29, 1.82) is 0 Å². The van der Waals surface area contributed by atoms with Gasteiger partial charge >= 0.3 is 0 Å². The zero-order valence-electron chi connectivity index (χ0n) is 9.36. The lowest BCUT2D eigenvalue weighted by molar-refractivity contribution is 0.292. The van der Waals surface area contributed by atoms with Crippen molar-refractivity contribution in [2.24, 2.45) is 0 Å². The molecule has 0 aliphatic heterocycles. The van der Waals surface area contributed by atoms with Crippen molar-refractivity contribution in [3.63, 3.8) is 0 Å². The molecule has 1 aromatic carbocycles. The Kier molecular flexibility index (Phi) is 4.42. The van der Waals surface area contributed by atoms with Crippen molar-refractivity contribution in [2.45, 2.75) is 6.42 Å². The zero-order valence-corrected chi connectivity index (χ0v) is 10.9. The van der Waals surface area contributed by atoms with Crippen LogP contribution in [0, 0.1) is 0 Å². The molecular weight excluding hydrogens is 282 g/mol. The number of aromatic nitrogens is 2. The van der Waals surface area contributed by atoms with E-state index in [1.165, 1.54) is 0 Å². The Balaban J connectivity index is 2.18. The van der Waals surface area contributed by atoms with E-state index in [9.17, 15) is 0 Å². The topological polar surface area (TPSA) is 58.0 Å². The highest BCUT2D eigenvalue weighted by atomic mass is 79.9. The van der Waals surface area contributed by atoms with Gasteiger partial charge in [0, 0.05) is 29.4 Å². The van der Waals surface area contributed by atoms with Crippen LogP contribution in [0.5, 0.6) is 0 Å². The summed E-state index contributed by atoms with van der Waals surface area (Å²) in [7, 11) is 0. The van der Waals surface area contributed by atoms with Gasteiger partial charge in [0.1, 0.15) is 6.33 Å². The maximum atomic E-state index is 8.68. The van der Waals surface area contributed by atoms with E-state index in [1.807, 2.05) is 18.2 Å². The lowest BCUT2D eigenvalue weighted by Gasteiger charge is -2.06. The molecule has 0 aliphatic rings. The number of aliphatic hydroxyl groups excluding tert-OH is 1. The zero-order chi connectivity index (χ0) is 12.1. The predicted octanol–water partition coefficient (Wildman–Crippen LogP) is 1.52. The minimum Gasteiger partial charge on any atom is -0.395 e. The summed E-state index contributed by atoms with van der Waals surface area (Å²) in [5.74, 6) is 0. The Bertz CT molecular complexity index is 504. The van der Waals surface area contributed by atoms with E-state index in [0.29, 0.717) is 6.54 Å². The molecule has 0 saturated heterocycles. The van der Waals surface area contributed by atoms with Crippen LogP contribution in [0.1, 0.15) is 5.69 Å². The number of benzene rings is 1. The fraction of sp³-hybridized carbons (Fsp3) is 0.333.